The van der Waals surface area contributed by atoms with Crippen molar-refractivity contribution in [2.45, 2.75) is 64.1 Å². The van der Waals surface area contributed by atoms with E-state index in [1.807, 2.05) is 30.3 Å². The number of benzene rings is 1. The summed E-state index contributed by atoms with van der Waals surface area (Å²) in [5, 5.41) is 10.7. The van der Waals surface area contributed by atoms with Gasteiger partial charge in [0.2, 0.25) is 11.8 Å². The molecule has 0 saturated heterocycles. The Balaban J connectivity index is 1.69. The van der Waals surface area contributed by atoms with E-state index in [-0.39, 0.29) is 24.3 Å². The fourth-order valence-electron chi connectivity index (χ4n) is 3.63. The highest BCUT2D eigenvalue weighted by molar-refractivity contribution is 7.98. The number of hydrogen-bond donors (Lipinski definition) is 2. The number of amides is 2. The molecule has 2 aromatic rings. The maximum Gasteiger partial charge on any atom is 0.242 e. The van der Waals surface area contributed by atoms with E-state index >= 15 is 0 Å². The second-order valence-corrected chi connectivity index (χ2v) is 8.44. The van der Waals surface area contributed by atoms with E-state index in [1.165, 1.54) is 0 Å². The van der Waals surface area contributed by atoms with Crippen molar-refractivity contribution < 1.29 is 9.59 Å². The third-order valence-electron chi connectivity index (χ3n) is 5.13. The van der Waals surface area contributed by atoms with E-state index in [0.717, 1.165) is 54.0 Å². The summed E-state index contributed by atoms with van der Waals surface area (Å²) in [5.74, 6) is 2.27. The van der Waals surface area contributed by atoms with Crippen LogP contribution in [0.25, 0.3) is 0 Å². The Hall–Kier alpha value is -2.28. The molecule has 2 heterocycles. The van der Waals surface area contributed by atoms with Gasteiger partial charge in [-0.05, 0) is 18.4 Å². The van der Waals surface area contributed by atoms with Gasteiger partial charge in [-0.25, -0.2) is 4.68 Å². The van der Waals surface area contributed by atoms with Crippen molar-refractivity contribution in [2.75, 3.05) is 5.32 Å². The van der Waals surface area contributed by atoms with Crippen molar-refractivity contribution in [2.24, 2.45) is 5.92 Å². The molecule has 6 nitrogen and oxygen atoms in total. The minimum Gasteiger partial charge on any atom is -0.350 e. The number of aromatic nitrogens is 2. The molecule has 29 heavy (non-hydrogen) atoms. The molecule has 0 fully saturated rings. The predicted octanol–water partition coefficient (Wildman–Crippen LogP) is 4.10. The number of nitrogens with one attached hydrogen (secondary N) is 2. The molecule has 2 amide bonds. The van der Waals surface area contributed by atoms with Gasteiger partial charge in [0, 0.05) is 29.5 Å². The van der Waals surface area contributed by atoms with E-state index in [2.05, 4.69) is 29.6 Å². The van der Waals surface area contributed by atoms with Crippen LogP contribution in [0, 0.1) is 5.92 Å². The lowest BCUT2D eigenvalue weighted by molar-refractivity contribution is -0.122. The average Bonchev–Trinajstić information content (AvgIpc) is 3.29. The van der Waals surface area contributed by atoms with Gasteiger partial charge in [0.05, 0.1) is 5.69 Å². The largest absolute Gasteiger partial charge is 0.350 e. The third kappa shape index (κ3) is 5.63. The molecule has 0 atom stereocenters. The molecule has 0 saturated carbocycles. The van der Waals surface area contributed by atoms with Crippen LogP contribution in [0.1, 0.15) is 56.4 Å². The van der Waals surface area contributed by atoms with Gasteiger partial charge in [-0.15, -0.1) is 0 Å². The zero-order valence-electron chi connectivity index (χ0n) is 17.2. The second kappa shape index (κ2) is 10.5. The van der Waals surface area contributed by atoms with Crippen LogP contribution in [0.15, 0.2) is 30.3 Å². The van der Waals surface area contributed by atoms with Gasteiger partial charge in [-0.3, -0.25) is 9.59 Å². The molecule has 1 aromatic carbocycles. The second-order valence-electron chi connectivity index (χ2n) is 7.45. The van der Waals surface area contributed by atoms with Crippen molar-refractivity contribution in [3.63, 3.8) is 0 Å². The number of hydrogen-bond acceptors (Lipinski definition) is 4. The number of carbonyl (C=O) groups is 2. The summed E-state index contributed by atoms with van der Waals surface area (Å²) in [7, 11) is 0. The highest BCUT2D eigenvalue weighted by Gasteiger charge is 2.26. The van der Waals surface area contributed by atoms with Crippen molar-refractivity contribution in [3.05, 3.63) is 47.2 Å². The Morgan fingerprint density at radius 3 is 2.55 bits per heavy atom. The smallest absolute Gasteiger partial charge is 0.242 e. The topological polar surface area (TPSA) is 76.0 Å². The van der Waals surface area contributed by atoms with Gasteiger partial charge < -0.3 is 10.6 Å². The van der Waals surface area contributed by atoms with Gasteiger partial charge in [-0.1, -0.05) is 57.0 Å². The molecule has 1 aliphatic heterocycles. The van der Waals surface area contributed by atoms with Crippen LogP contribution in [0.2, 0.25) is 0 Å². The van der Waals surface area contributed by atoms with Crippen molar-refractivity contribution in [1.82, 2.24) is 15.1 Å². The van der Waals surface area contributed by atoms with Crippen LogP contribution in [0.4, 0.5) is 5.82 Å². The molecule has 7 heteroatoms. The zero-order valence-corrected chi connectivity index (χ0v) is 18.1. The Morgan fingerprint density at radius 2 is 1.86 bits per heavy atom. The number of anilines is 1. The van der Waals surface area contributed by atoms with Crippen LogP contribution >= 0.6 is 11.8 Å². The highest BCUT2D eigenvalue weighted by Crippen LogP contribution is 2.35. The standard InChI is InChI=1S/C22H30N4O2S/c1-3-8-17(9-4-2)22(28)24-21-18-14-29-15-19(18)25-26(21)13-20(27)23-12-16-10-6-5-7-11-16/h5-7,10-11,17H,3-4,8-9,12-15H2,1-2H3,(H,23,27)(H,24,28). The summed E-state index contributed by atoms with van der Waals surface area (Å²) >= 11 is 1.79. The molecular formula is C22H30N4O2S. The zero-order chi connectivity index (χ0) is 20.6. The van der Waals surface area contributed by atoms with Crippen molar-refractivity contribution in [3.8, 4) is 0 Å². The summed E-state index contributed by atoms with van der Waals surface area (Å²) in [5.41, 5.74) is 3.09. The van der Waals surface area contributed by atoms with Crippen LogP contribution in [-0.2, 0) is 34.2 Å². The summed E-state index contributed by atoms with van der Waals surface area (Å²) < 4.78 is 1.66. The Kier molecular flexibility index (Phi) is 7.75. The molecule has 0 bridgehead atoms. The lowest BCUT2D eigenvalue weighted by Crippen LogP contribution is -2.30. The molecular weight excluding hydrogens is 384 g/mol. The lowest BCUT2D eigenvalue weighted by atomic mass is 9.97. The van der Waals surface area contributed by atoms with E-state index in [4.69, 9.17) is 0 Å². The van der Waals surface area contributed by atoms with Crippen LogP contribution in [-0.4, -0.2) is 21.6 Å². The van der Waals surface area contributed by atoms with Gasteiger partial charge in [-0.2, -0.15) is 16.9 Å². The van der Waals surface area contributed by atoms with E-state index < -0.39 is 0 Å². The van der Waals surface area contributed by atoms with Crippen molar-refractivity contribution >= 4 is 29.4 Å². The summed E-state index contributed by atoms with van der Waals surface area (Å²) in [6.07, 6.45) is 3.71. The summed E-state index contributed by atoms with van der Waals surface area (Å²) in [6.45, 7) is 4.79. The Labute approximate surface area is 176 Å². The van der Waals surface area contributed by atoms with Gasteiger partial charge in [0.1, 0.15) is 12.4 Å². The van der Waals surface area contributed by atoms with Gasteiger partial charge in [0.15, 0.2) is 0 Å². The van der Waals surface area contributed by atoms with Crippen LogP contribution in [0.3, 0.4) is 0 Å². The first-order chi connectivity index (χ1) is 14.1. The molecule has 0 aliphatic carbocycles. The number of carbonyl (C=O) groups excluding carboxylic acids is 2. The molecule has 1 aromatic heterocycles. The van der Waals surface area contributed by atoms with Gasteiger partial charge in [0.25, 0.3) is 0 Å². The Bertz CT molecular complexity index is 829. The normalized spacial score (nSPS) is 12.8. The molecule has 2 N–H and O–H groups in total. The van der Waals surface area contributed by atoms with E-state index in [1.54, 1.807) is 16.4 Å². The van der Waals surface area contributed by atoms with Gasteiger partial charge >= 0.3 is 0 Å². The predicted molar refractivity (Wildman–Crippen MR) is 117 cm³/mol. The first kappa shape index (κ1) is 21.4. The number of nitrogens with zero attached hydrogens (tertiary/aromatic N) is 2. The van der Waals surface area contributed by atoms with Crippen molar-refractivity contribution in [1.29, 1.82) is 0 Å². The molecule has 3 rings (SSSR count). The molecule has 0 radical (unpaired) electrons. The quantitative estimate of drug-likeness (QED) is 0.614. The maximum atomic E-state index is 12.9. The SMILES string of the molecule is CCCC(CCC)C(=O)Nc1c2c(nn1CC(=O)NCc1ccccc1)CSC2. The molecule has 0 spiro atoms. The minimum absolute atomic E-state index is 0.00460. The number of fused-ring (bicyclic) bond motifs is 1. The maximum absolute atomic E-state index is 12.9. The first-order valence-corrected chi connectivity index (χ1v) is 11.6. The summed E-state index contributed by atoms with van der Waals surface area (Å²) in [4.78, 5) is 25.4. The van der Waals surface area contributed by atoms with Crippen LogP contribution in [0.5, 0.6) is 0 Å². The first-order valence-electron chi connectivity index (χ1n) is 10.4. The van der Waals surface area contributed by atoms with Crippen LogP contribution < -0.4 is 10.6 Å². The minimum atomic E-state index is -0.114. The number of rotatable bonds is 10. The average molecular weight is 415 g/mol. The molecule has 1 aliphatic rings. The fraction of sp³-hybridized carbons (Fsp3) is 0.500. The molecule has 0 unspecified atom stereocenters. The van der Waals surface area contributed by atoms with E-state index in [0.29, 0.717) is 12.4 Å². The summed E-state index contributed by atoms with van der Waals surface area (Å²) in [6, 6.07) is 9.82. The Morgan fingerprint density at radius 1 is 1.14 bits per heavy atom. The lowest BCUT2D eigenvalue weighted by Gasteiger charge is -2.17. The molecule has 156 valence electrons. The fourth-order valence-corrected chi connectivity index (χ4v) is 4.67. The monoisotopic (exact) mass is 414 g/mol. The van der Waals surface area contributed by atoms with E-state index in [9.17, 15) is 9.59 Å². The number of thioether (sulfide) groups is 1. The highest BCUT2D eigenvalue weighted by atomic mass is 32.2. The third-order valence-corrected chi connectivity index (χ3v) is 6.10.